The van der Waals surface area contributed by atoms with Crippen LogP contribution < -0.4 is 16.8 Å². The van der Waals surface area contributed by atoms with Crippen molar-refractivity contribution in [1.82, 2.24) is 15.3 Å². The number of nitrogens with two attached hydrogens (primary N) is 2. The molecule has 0 saturated heterocycles. The molecule has 0 spiro atoms. The van der Waals surface area contributed by atoms with Gasteiger partial charge in [0, 0.05) is 24.7 Å². The number of nitrogens with one attached hydrogen (secondary N) is 2. The molecule has 22 heavy (non-hydrogen) atoms. The quantitative estimate of drug-likeness (QED) is 0.549. The van der Waals surface area contributed by atoms with Gasteiger partial charge in [0.2, 0.25) is 11.8 Å². The Hall–Kier alpha value is -2.67. The van der Waals surface area contributed by atoms with Crippen molar-refractivity contribution in [3.8, 4) is 0 Å². The maximum absolute atomic E-state index is 12.1. The number of aromatic nitrogens is 2. The molecule has 2 unspecified atom stereocenters. The molecule has 0 aliphatic carbocycles. The van der Waals surface area contributed by atoms with Crippen molar-refractivity contribution in [2.45, 2.75) is 24.9 Å². The van der Waals surface area contributed by atoms with Crippen LogP contribution >= 0.6 is 0 Å². The van der Waals surface area contributed by atoms with Crippen LogP contribution in [0.4, 0.5) is 0 Å². The van der Waals surface area contributed by atoms with E-state index in [2.05, 4.69) is 15.3 Å². The van der Waals surface area contributed by atoms with Gasteiger partial charge in [-0.15, -0.1) is 0 Å². The fourth-order valence-electron chi connectivity index (χ4n) is 2.08. The smallest absolute Gasteiger partial charge is 0.240 e. The highest BCUT2D eigenvalue weighted by Gasteiger charge is 2.22. The van der Waals surface area contributed by atoms with E-state index in [-0.39, 0.29) is 0 Å². The number of hydrogen-bond donors (Lipinski definition) is 4. The van der Waals surface area contributed by atoms with E-state index in [4.69, 9.17) is 11.5 Å². The van der Waals surface area contributed by atoms with Gasteiger partial charge < -0.3 is 21.8 Å². The van der Waals surface area contributed by atoms with Crippen LogP contribution in [0.15, 0.2) is 42.9 Å². The van der Waals surface area contributed by atoms with Crippen LogP contribution in [-0.2, 0) is 22.4 Å². The molecular weight excluding hydrogens is 282 g/mol. The lowest BCUT2D eigenvalue weighted by Crippen LogP contribution is -2.51. The molecule has 0 saturated carbocycles. The Morgan fingerprint density at radius 3 is 2.55 bits per heavy atom. The molecule has 2 rings (SSSR count). The second-order valence-corrected chi connectivity index (χ2v) is 5.04. The third kappa shape index (κ3) is 4.42. The summed E-state index contributed by atoms with van der Waals surface area (Å²) in [6.45, 7) is 0. The van der Waals surface area contributed by atoms with Gasteiger partial charge in [-0.2, -0.15) is 0 Å². The first-order valence-corrected chi connectivity index (χ1v) is 6.92. The Morgan fingerprint density at radius 1 is 1.23 bits per heavy atom. The van der Waals surface area contributed by atoms with Gasteiger partial charge in [-0.25, -0.2) is 4.98 Å². The van der Waals surface area contributed by atoms with Crippen LogP contribution in [0, 0.1) is 0 Å². The lowest BCUT2D eigenvalue weighted by Gasteiger charge is -2.18. The van der Waals surface area contributed by atoms with E-state index in [1.165, 1.54) is 6.33 Å². The topological polar surface area (TPSA) is 127 Å². The van der Waals surface area contributed by atoms with E-state index in [0.717, 1.165) is 11.3 Å². The third-order valence-electron chi connectivity index (χ3n) is 3.27. The lowest BCUT2D eigenvalue weighted by molar-refractivity contribution is -0.128. The molecule has 2 atom stereocenters. The van der Waals surface area contributed by atoms with Crippen LogP contribution in [-0.4, -0.2) is 33.9 Å². The van der Waals surface area contributed by atoms with Crippen LogP contribution in [0.5, 0.6) is 0 Å². The predicted octanol–water partition coefficient (Wildman–Crippen LogP) is -0.508. The van der Waals surface area contributed by atoms with E-state index in [9.17, 15) is 9.59 Å². The average Bonchev–Trinajstić information content (AvgIpc) is 3.00. The highest BCUT2D eigenvalue weighted by Crippen LogP contribution is 2.04. The summed E-state index contributed by atoms with van der Waals surface area (Å²) in [5.74, 6) is -1.01. The maximum Gasteiger partial charge on any atom is 0.240 e. The second-order valence-electron chi connectivity index (χ2n) is 5.04. The van der Waals surface area contributed by atoms with Crippen molar-refractivity contribution in [2.24, 2.45) is 11.5 Å². The van der Waals surface area contributed by atoms with Crippen molar-refractivity contribution in [2.75, 3.05) is 0 Å². The van der Waals surface area contributed by atoms with Gasteiger partial charge >= 0.3 is 0 Å². The number of H-pyrrole nitrogens is 1. The average molecular weight is 301 g/mol. The monoisotopic (exact) mass is 301 g/mol. The minimum absolute atomic E-state index is 0.308. The van der Waals surface area contributed by atoms with Crippen LogP contribution in [0.1, 0.15) is 11.3 Å². The molecule has 2 aromatic rings. The van der Waals surface area contributed by atoms with Gasteiger partial charge in [-0.1, -0.05) is 30.3 Å². The predicted molar refractivity (Wildman–Crippen MR) is 81.5 cm³/mol. The minimum Gasteiger partial charge on any atom is -0.368 e. The number of primary amides is 1. The maximum atomic E-state index is 12.1. The molecule has 2 amide bonds. The second kappa shape index (κ2) is 7.37. The van der Waals surface area contributed by atoms with Gasteiger partial charge in [0.05, 0.1) is 12.4 Å². The molecule has 7 heteroatoms. The van der Waals surface area contributed by atoms with Crippen molar-refractivity contribution < 1.29 is 9.59 Å². The van der Waals surface area contributed by atoms with E-state index in [1.807, 2.05) is 30.3 Å². The molecule has 1 aromatic carbocycles. The first-order chi connectivity index (χ1) is 10.6. The van der Waals surface area contributed by atoms with Gasteiger partial charge in [0.25, 0.3) is 0 Å². The van der Waals surface area contributed by atoms with Gasteiger partial charge in [-0.05, 0) is 5.56 Å². The minimum atomic E-state index is -0.789. The molecule has 1 heterocycles. The molecule has 0 aliphatic heterocycles. The lowest BCUT2D eigenvalue weighted by atomic mass is 10.0. The van der Waals surface area contributed by atoms with Crippen molar-refractivity contribution in [3.05, 3.63) is 54.1 Å². The molecule has 6 N–H and O–H groups in total. The summed E-state index contributed by atoms with van der Waals surface area (Å²) < 4.78 is 0. The Kier molecular flexibility index (Phi) is 5.26. The number of hydrogen-bond acceptors (Lipinski definition) is 4. The number of benzene rings is 1. The van der Waals surface area contributed by atoms with E-state index in [0.29, 0.717) is 12.8 Å². The van der Waals surface area contributed by atoms with Crippen LogP contribution in [0.3, 0.4) is 0 Å². The zero-order chi connectivity index (χ0) is 15.9. The largest absolute Gasteiger partial charge is 0.368 e. The summed E-state index contributed by atoms with van der Waals surface area (Å²) in [6, 6.07) is 7.76. The molecule has 0 fully saturated rings. The molecule has 7 nitrogen and oxygen atoms in total. The number of carbonyl (C=O) groups is 2. The zero-order valence-corrected chi connectivity index (χ0v) is 12.0. The number of carbonyl (C=O) groups excluding carboxylic acids is 2. The third-order valence-corrected chi connectivity index (χ3v) is 3.27. The normalized spacial score (nSPS) is 13.3. The zero-order valence-electron chi connectivity index (χ0n) is 12.0. The molecular formula is C15H19N5O2. The van der Waals surface area contributed by atoms with Crippen molar-refractivity contribution in [1.29, 1.82) is 0 Å². The number of imidazole rings is 1. The Bertz CT molecular complexity index is 612. The van der Waals surface area contributed by atoms with Crippen molar-refractivity contribution in [3.63, 3.8) is 0 Å². The summed E-state index contributed by atoms with van der Waals surface area (Å²) in [6.07, 6.45) is 3.76. The number of amides is 2. The number of nitrogens with zero attached hydrogens (tertiary/aromatic N) is 1. The molecule has 0 aliphatic rings. The summed E-state index contributed by atoms with van der Waals surface area (Å²) in [5, 5.41) is 2.60. The standard InChI is InChI=1S/C15H19N5O2/c16-12(7-11-8-18-9-19-11)15(22)20-13(14(17)21)6-10-4-2-1-3-5-10/h1-5,8-9,12-13H,6-7,16H2,(H2,17,21)(H,18,19)(H,20,22). The van der Waals surface area contributed by atoms with E-state index < -0.39 is 23.9 Å². The van der Waals surface area contributed by atoms with Crippen LogP contribution in [0.25, 0.3) is 0 Å². The SMILES string of the molecule is NC(=O)C(Cc1ccccc1)NC(=O)C(N)Cc1cnc[nH]1. The summed E-state index contributed by atoms with van der Waals surface area (Å²) >= 11 is 0. The van der Waals surface area contributed by atoms with Gasteiger partial charge in [-0.3, -0.25) is 9.59 Å². The number of rotatable bonds is 7. The van der Waals surface area contributed by atoms with Gasteiger partial charge in [0.1, 0.15) is 6.04 Å². The molecule has 0 bridgehead atoms. The first kappa shape index (κ1) is 15.7. The Morgan fingerprint density at radius 2 is 1.95 bits per heavy atom. The fourth-order valence-corrected chi connectivity index (χ4v) is 2.08. The highest BCUT2D eigenvalue weighted by atomic mass is 16.2. The first-order valence-electron chi connectivity index (χ1n) is 6.92. The fraction of sp³-hybridized carbons (Fsp3) is 0.267. The van der Waals surface area contributed by atoms with Crippen LogP contribution in [0.2, 0.25) is 0 Å². The summed E-state index contributed by atoms with van der Waals surface area (Å²) in [7, 11) is 0. The summed E-state index contributed by atoms with van der Waals surface area (Å²) in [5.41, 5.74) is 12.9. The highest BCUT2D eigenvalue weighted by molar-refractivity contribution is 5.89. The molecule has 0 radical (unpaired) electrons. The molecule has 1 aromatic heterocycles. The van der Waals surface area contributed by atoms with E-state index in [1.54, 1.807) is 6.20 Å². The number of aromatic amines is 1. The van der Waals surface area contributed by atoms with E-state index >= 15 is 0 Å². The Labute approximate surface area is 128 Å². The Balaban J connectivity index is 1.95. The van der Waals surface area contributed by atoms with Crippen molar-refractivity contribution >= 4 is 11.8 Å². The van der Waals surface area contributed by atoms with Gasteiger partial charge in [0.15, 0.2) is 0 Å². The summed E-state index contributed by atoms with van der Waals surface area (Å²) in [4.78, 5) is 30.4. The molecule has 116 valence electrons.